The summed E-state index contributed by atoms with van der Waals surface area (Å²) >= 11 is 6.40. The predicted octanol–water partition coefficient (Wildman–Crippen LogP) is 6.42. The Morgan fingerprint density at radius 2 is 2.02 bits per heavy atom. The van der Waals surface area contributed by atoms with Gasteiger partial charge in [0.1, 0.15) is 5.75 Å². The summed E-state index contributed by atoms with van der Waals surface area (Å²) in [4.78, 5) is 15.8. The molecule has 6 rings (SSSR count). The molecule has 44 heavy (non-hydrogen) atoms. The molecule has 2 aromatic rings. The van der Waals surface area contributed by atoms with Crippen LogP contribution in [-0.4, -0.2) is 51.0 Å². The number of carbonyl (C=O) groups excluding carboxylic acids is 1. The van der Waals surface area contributed by atoms with E-state index in [9.17, 15) is 18.3 Å². The van der Waals surface area contributed by atoms with Crippen molar-refractivity contribution in [1.82, 2.24) is 4.72 Å². The monoisotopic (exact) mass is 640 g/mol. The fraction of sp³-hybridized carbons (Fsp3) is 0.571. The van der Waals surface area contributed by atoms with Gasteiger partial charge in [-0.1, -0.05) is 56.5 Å². The van der Waals surface area contributed by atoms with Crippen LogP contribution in [0.3, 0.4) is 0 Å². The highest BCUT2D eigenvalue weighted by atomic mass is 35.5. The number of benzene rings is 2. The van der Waals surface area contributed by atoms with Gasteiger partial charge in [0.15, 0.2) is 0 Å². The molecule has 2 aliphatic heterocycles. The maximum Gasteiger partial charge on any atom is 0.264 e. The molecule has 2 N–H and O–H groups in total. The Morgan fingerprint density at radius 1 is 1.18 bits per heavy atom. The van der Waals surface area contributed by atoms with Crippen LogP contribution in [-0.2, 0) is 21.9 Å². The third-order valence-corrected chi connectivity index (χ3v) is 12.3. The highest BCUT2D eigenvalue weighted by Crippen LogP contribution is 2.47. The van der Waals surface area contributed by atoms with Gasteiger partial charge in [-0.15, -0.1) is 0 Å². The molecule has 2 aliphatic carbocycles. The molecule has 5 atom stereocenters. The van der Waals surface area contributed by atoms with Crippen LogP contribution in [0, 0.1) is 17.3 Å². The first-order valence-corrected chi connectivity index (χ1v) is 18.2. The fourth-order valence-electron chi connectivity index (χ4n) is 7.98. The van der Waals surface area contributed by atoms with Gasteiger partial charge in [0.25, 0.3) is 5.91 Å². The number of rotatable bonds is 3. The van der Waals surface area contributed by atoms with Gasteiger partial charge >= 0.3 is 0 Å². The number of hydrogen-bond donors (Lipinski definition) is 2. The van der Waals surface area contributed by atoms with Crippen molar-refractivity contribution in [3.8, 4) is 5.75 Å². The molecule has 1 saturated carbocycles. The lowest BCUT2D eigenvalue weighted by Crippen LogP contribution is -2.49. The number of allylic oxidation sites excluding steroid dienone is 1. The number of aliphatic hydroxyl groups excluding tert-OH is 1. The zero-order chi connectivity index (χ0) is 31.1. The second kappa shape index (κ2) is 12.3. The van der Waals surface area contributed by atoms with Crippen LogP contribution >= 0.6 is 11.6 Å². The Kier molecular flexibility index (Phi) is 8.81. The van der Waals surface area contributed by atoms with Crippen LogP contribution in [0.2, 0.25) is 5.02 Å². The minimum atomic E-state index is -3.92. The Morgan fingerprint density at radius 3 is 2.80 bits per heavy atom. The molecule has 7 nitrogen and oxygen atoms in total. The predicted molar refractivity (Wildman–Crippen MR) is 175 cm³/mol. The summed E-state index contributed by atoms with van der Waals surface area (Å²) in [5.74, 6) is 0.304. The highest BCUT2D eigenvalue weighted by Gasteiger charge is 2.44. The summed E-state index contributed by atoms with van der Waals surface area (Å²) in [5.41, 5.74) is 2.79. The fourth-order valence-corrected chi connectivity index (χ4v) is 9.82. The first-order valence-electron chi connectivity index (χ1n) is 16.2. The number of nitrogens with one attached hydrogen (secondary N) is 1. The molecule has 0 saturated heterocycles. The van der Waals surface area contributed by atoms with E-state index in [2.05, 4.69) is 28.7 Å². The van der Waals surface area contributed by atoms with Crippen LogP contribution in [0.1, 0.15) is 86.7 Å². The van der Waals surface area contributed by atoms with Gasteiger partial charge in [-0.3, -0.25) is 4.79 Å². The second-order valence-corrected chi connectivity index (χ2v) is 16.2. The van der Waals surface area contributed by atoms with E-state index in [1.807, 2.05) is 25.1 Å². The van der Waals surface area contributed by atoms with Crippen molar-refractivity contribution in [1.29, 1.82) is 0 Å². The van der Waals surface area contributed by atoms with Gasteiger partial charge in [0.2, 0.25) is 10.0 Å². The molecule has 2 heterocycles. The quantitative estimate of drug-likeness (QED) is 0.376. The molecule has 2 bridgehead atoms. The molecule has 1 unspecified atom stereocenters. The number of aryl methyl sites for hydroxylation is 1. The summed E-state index contributed by atoms with van der Waals surface area (Å²) < 4.78 is 35.6. The smallest absolute Gasteiger partial charge is 0.264 e. The Hall–Kier alpha value is -2.55. The number of nitrogens with zero attached hydrogens (tertiary/aromatic N) is 1. The number of carbonyl (C=O) groups is 1. The van der Waals surface area contributed by atoms with E-state index in [0.29, 0.717) is 43.9 Å². The van der Waals surface area contributed by atoms with Crippen LogP contribution in [0.5, 0.6) is 5.75 Å². The molecule has 1 fully saturated rings. The zero-order valence-electron chi connectivity index (χ0n) is 25.9. The largest absolute Gasteiger partial charge is 0.490 e. The molecule has 1 spiro atoms. The van der Waals surface area contributed by atoms with E-state index in [-0.39, 0.29) is 23.0 Å². The molecule has 0 radical (unpaired) electrons. The van der Waals surface area contributed by atoms with Gasteiger partial charge in [0.05, 0.1) is 24.2 Å². The lowest BCUT2D eigenvalue weighted by Gasteiger charge is -2.45. The van der Waals surface area contributed by atoms with Crippen molar-refractivity contribution in [2.45, 2.75) is 83.2 Å². The van der Waals surface area contributed by atoms with Crippen molar-refractivity contribution < 1.29 is 23.1 Å². The van der Waals surface area contributed by atoms with Crippen LogP contribution < -0.4 is 14.4 Å². The van der Waals surface area contributed by atoms with Crippen LogP contribution in [0.15, 0.2) is 48.6 Å². The van der Waals surface area contributed by atoms with E-state index in [0.717, 1.165) is 55.7 Å². The minimum Gasteiger partial charge on any atom is -0.490 e. The Bertz CT molecular complexity index is 1540. The molecule has 9 heteroatoms. The number of fused-ring (bicyclic) bond motifs is 4. The molecule has 0 aromatic heterocycles. The molecule has 4 aliphatic rings. The number of aliphatic hydroxyl groups is 1. The summed E-state index contributed by atoms with van der Waals surface area (Å²) in [7, 11) is -3.92. The summed E-state index contributed by atoms with van der Waals surface area (Å²) in [6, 6.07) is 11.4. The number of amides is 1. The maximum absolute atomic E-state index is 13.5. The molecule has 238 valence electrons. The van der Waals surface area contributed by atoms with Gasteiger partial charge in [-0.25, -0.2) is 13.1 Å². The molecular weight excluding hydrogens is 596 g/mol. The topological polar surface area (TPSA) is 95.9 Å². The highest BCUT2D eigenvalue weighted by molar-refractivity contribution is 7.90. The Labute approximate surface area is 267 Å². The van der Waals surface area contributed by atoms with Crippen molar-refractivity contribution >= 4 is 33.2 Å². The average molecular weight is 641 g/mol. The number of ether oxygens (including phenoxy) is 1. The normalized spacial score (nSPS) is 32.3. The number of anilines is 1. The van der Waals surface area contributed by atoms with Crippen molar-refractivity contribution in [2.24, 2.45) is 17.3 Å². The SMILES string of the molecule is CCCCC1(C)C/C=C/[C@H](O)[C@@H]2CC[C@H]2CN2C[C@@]3(CCCc4cc(Cl)ccc43)COc3ccc(cc32)C(=O)NS(=O)(=O)C1. The van der Waals surface area contributed by atoms with E-state index < -0.39 is 27.4 Å². The van der Waals surface area contributed by atoms with E-state index >= 15 is 0 Å². The molecular formula is C35H45ClN2O5S. The van der Waals surface area contributed by atoms with Gasteiger partial charge in [-0.2, -0.15) is 0 Å². The summed E-state index contributed by atoms with van der Waals surface area (Å²) in [6.07, 6.45) is 11.3. The van der Waals surface area contributed by atoms with Crippen molar-refractivity contribution in [3.05, 3.63) is 70.3 Å². The van der Waals surface area contributed by atoms with Gasteiger partial charge < -0.3 is 14.7 Å². The summed E-state index contributed by atoms with van der Waals surface area (Å²) in [5, 5.41) is 12.0. The maximum atomic E-state index is 13.5. The third kappa shape index (κ3) is 6.40. The Balaban J connectivity index is 1.39. The second-order valence-electron chi connectivity index (χ2n) is 14.0. The van der Waals surface area contributed by atoms with Crippen molar-refractivity contribution in [3.63, 3.8) is 0 Å². The lowest BCUT2D eigenvalue weighted by atomic mass is 9.68. The number of hydrogen-bond acceptors (Lipinski definition) is 6. The third-order valence-electron chi connectivity index (χ3n) is 10.5. The van der Waals surface area contributed by atoms with E-state index in [1.54, 1.807) is 18.2 Å². The van der Waals surface area contributed by atoms with Crippen LogP contribution in [0.4, 0.5) is 5.69 Å². The first-order chi connectivity index (χ1) is 21.0. The van der Waals surface area contributed by atoms with E-state index in [4.69, 9.17) is 16.3 Å². The van der Waals surface area contributed by atoms with Gasteiger partial charge in [-0.05, 0) is 104 Å². The van der Waals surface area contributed by atoms with Crippen molar-refractivity contribution in [2.75, 3.05) is 30.3 Å². The standard InChI is InChI=1S/C35H45ClN2O5S/c1-3-4-15-34(2)16-6-8-31(39)28-12-9-26(28)20-38-21-35(17-5-7-24-18-27(36)11-13-29(24)35)22-43-32-14-10-25(19-30(32)38)33(40)37-44(41,42)23-34/h6,8,10-11,13-14,18-19,26,28,31,39H,3-5,7,9,12,15-17,20-23H2,1-2H3,(H,37,40)/b8-6+/t26-,28+,31-,34?,35-/m0/s1. The zero-order valence-corrected chi connectivity index (χ0v) is 27.4. The summed E-state index contributed by atoms with van der Waals surface area (Å²) in [6.45, 7) is 5.96. The number of sulfonamides is 1. The number of unbranched alkanes of at least 4 members (excludes halogenated alkanes) is 1. The minimum absolute atomic E-state index is 0.122. The van der Waals surface area contributed by atoms with E-state index in [1.165, 1.54) is 11.1 Å². The molecule has 1 amide bonds. The molecule has 2 aromatic carbocycles. The van der Waals surface area contributed by atoms with Gasteiger partial charge in [0, 0.05) is 29.1 Å². The van der Waals surface area contributed by atoms with Crippen LogP contribution in [0.25, 0.3) is 0 Å². The lowest BCUT2D eigenvalue weighted by molar-refractivity contribution is 0.0455. The number of halogens is 1. The first kappa shape index (κ1) is 31.4. The average Bonchev–Trinajstić information content (AvgIpc) is 3.10.